The molecule has 0 bridgehead atoms. The summed E-state index contributed by atoms with van der Waals surface area (Å²) >= 11 is 0. The molecule has 2 aromatic rings. The Bertz CT molecular complexity index is 948. The molecule has 1 aliphatic heterocycles. The van der Waals surface area contributed by atoms with E-state index in [2.05, 4.69) is 5.32 Å². The zero-order chi connectivity index (χ0) is 21.8. The van der Waals surface area contributed by atoms with Crippen LogP contribution in [0.2, 0.25) is 0 Å². The molecule has 7 nitrogen and oxygen atoms in total. The van der Waals surface area contributed by atoms with Gasteiger partial charge in [0.15, 0.2) is 11.5 Å². The second-order valence-corrected chi connectivity index (χ2v) is 7.51. The van der Waals surface area contributed by atoms with Crippen LogP contribution in [0.4, 0.5) is 0 Å². The van der Waals surface area contributed by atoms with Crippen molar-refractivity contribution in [3.05, 3.63) is 46.3 Å². The van der Waals surface area contributed by atoms with Crippen molar-refractivity contribution in [1.29, 1.82) is 0 Å². The second kappa shape index (κ2) is 9.24. The van der Waals surface area contributed by atoms with Crippen molar-refractivity contribution in [1.82, 2.24) is 9.88 Å². The summed E-state index contributed by atoms with van der Waals surface area (Å²) in [5, 5.41) is 3.04. The Balaban J connectivity index is 1.63. The largest absolute Gasteiger partial charge is 0.486 e. The van der Waals surface area contributed by atoms with E-state index in [-0.39, 0.29) is 17.9 Å². The summed E-state index contributed by atoms with van der Waals surface area (Å²) in [6, 6.07) is 5.58. The highest BCUT2D eigenvalue weighted by Crippen LogP contribution is 2.32. The van der Waals surface area contributed by atoms with Gasteiger partial charge in [-0.3, -0.25) is 4.79 Å². The lowest BCUT2D eigenvalue weighted by Crippen LogP contribution is -2.27. The van der Waals surface area contributed by atoms with Gasteiger partial charge in [0.2, 0.25) is 5.91 Å². The van der Waals surface area contributed by atoms with Gasteiger partial charge in [0.05, 0.1) is 12.6 Å². The summed E-state index contributed by atoms with van der Waals surface area (Å²) in [4.78, 5) is 24.8. The highest BCUT2D eigenvalue weighted by atomic mass is 16.6. The number of carbonyl (C=O) groups is 2. The van der Waals surface area contributed by atoms with E-state index >= 15 is 0 Å². The third-order valence-electron chi connectivity index (χ3n) is 5.60. The van der Waals surface area contributed by atoms with Gasteiger partial charge >= 0.3 is 5.97 Å². The summed E-state index contributed by atoms with van der Waals surface area (Å²) in [7, 11) is 1.85. The molecule has 162 valence electrons. The van der Waals surface area contributed by atoms with Crippen molar-refractivity contribution in [2.24, 2.45) is 7.05 Å². The van der Waals surface area contributed by atoms with Gasteiger partial charge in [-0.15, -0.1) is 0 Å². The van der Waals surface area contributed by atoms with Crippen molar-refractivity contribution in [3.8, 4) is 11.5 Å². The minimum Gasteiger partial charge on any atom is -0.486 e. The molecule has 1 atom stereocenters. The lowest BCUT2D eigenvalue weighted by atomic mass is 10.0. The van der Waals surface area contributed by atoms with Gasteiger partial charge in [0.1, 0.15) is 18.9 Å². The molecule has 2 heterocycles. The number of hydrogen-bond acceptors (Lipinski definition) is 5. The van der Waals surface area contributed by atoms with Crippen LogP contribution in [0.15, 0.2) is 18.2 Å². The lowest BCUT2D eigenvalue weighted by Gasteiger charge is -2.21. The molecule has 0 fully saturated rings. The third kappa shape index (κ3) is 4.45. The second-order valence-electron chi connectivity index (χ2n) is 7.51. The number of carbonyl (C=O) groups excluding carboxylic acids is 2. The van der Waals surface area contributed by atoms with E-state index in [4.69, 9.17) is 14.2 Å². The molecule has 0 radical (unpaired) electrons. The minimum absolute atomic E-state index is 0.0438. The maximum atomic E-state index is 12.6. The van der Waals surface area contributed by atoms with E-state index in [0.717, 1.165) is 28.1 Å². The van der Waals surface area contributed by atoms with Gasteiger partial charge < -0.3 is 24.1 Å². The molecular weight excluding hydrogens is 384 g/mol. The quantitative estimate of drug-likeness (QED) is 0.703. The fraction of sp³-hybridized carbons (Fsp3) is 0.478. The zero-order valence-corrected chi connectivity index (χ0v) is 18.3. The van der Waals surface area contributed by atoms with Crippen LogP contribution < -0.4 is 14.8 Å². The van der Waals surface area contributed by atoms with Crippen LogP contribution >= 0.6 is 0 Å². The van der Waals surface area contributed by atoms with Gasteiger partial charge in [-0.25, -0.2) is 4.79 Å². The molecular formula is C23H30N2O5. The molecule has 0 unspecified atom stereocenters. The first-order chi connectivity index (χ1) is 14.3. The minimum atomic E-state index is -0.330. The van der Waals surface area contributed by atoms with E-state index in [0.29, 0.717) is 44.1 Å². The monoisotopic (exact) mass is 414 g/mol. The maximum absolute atomic E-state index is 12.6. The molecule has 1 aromatic carbocycles. The normalized spacial score (nSPS) is 13.6. The van der Waals surface area contributed by atoms with Crippen LogP contribution in [0.1, 0.15) is 59.2 Å². The van der Waals surface area contributed by atoms with Crippen molar-refractivity contribution in [2.75, 3.05) is 19.8 Å². The lowest BCUT2D eigenvalue weighted by molar-refractivity contribution is -0.121. The van der Waals surface area contributed by atoms with E-state index < -0.39 is 0 Å². The number of nitrogens with zero attached hydrogens (tertiary/aromatic N) is 1. The first kappa shape index (κ1) is 21.7. The number of benzene rings is 1. The van der Waals surface area contributed by atoms with Crippen molar-refractivity contribution in [2.45, 2.75) is 46.6 Å². The molecule has 0 saturated heterocycles. The molecule has 1 amide bonds. The number of amides is 1. The first-order valence-electron chi connectivity index (χ1n) is 10.3. The molecule has 0 aliphatic carbocycles. The van der Waals surface area contributed by atoms with Crippen LogP contribution in [0.25, 0.3) is 0 Å². The Hall–Kier alpha value is -2.96. The van der Waals surface area contributed by atoms with Crippen LogP contribution in [-0.4, -0.2) is 36.3 Å². The highest BCUT2D eigenvalue weighted by Gasteiger charge is 2.22. The predicted octanol–water partition coefficient (Wildman–Crippen LogP) is 3.40. The molecule has 0 spiro atoms. The van der Waals surface area contributed by atoms with E-state index in [1.54, 1.807) is 6.92 Å². The van der Waals surface area contributed by atoms with Gasteiger partial charge in [-0.05, 0) is 62.9 Å². The topological polar surface area (TPSA) is 78.8 Å². The summed E-state index contributed by atoms with van der Waals surface area (Å²) in [5.74, 6) is 1.07. The number of hydrogen-bond donors (Lipinski definition) is 1. The van der Waals surface area contributed by atoms with E-state index in [9.17, 15) is 9.59 Å². The average molecular weight is 415 g/mol. The Kier molecular flexibility index (Phi) is 6.70. The smallest absolute Gasteiger partial charge is 0.355 e. The fourth-order valence-electron chi connectivity index (χ4n) is 3.86. The first-order valence-corrected chi connectivity index (χ1v) is 10.3. The summed E-state index contributed by atoms with van der Waals surface area (Å²) in [6.45, 7) is 9.01. The standard InChI is InChI=1S/C23H30N2O5/c1-6-28-23(27)22-14(2)18(16(4)25(22)5)8-10-21(26)24-15(3)17-7-9-19-20(13-17)30-12-11-29-19/h7,9,13,15H,6,8,10-12H2,1-5H3,(H,24,26)/t15-/m0/s1. The number of nitrogens with one attached hydrogen (secondary N) is 1. The van der Waals surface area contributed by atoms with Crippen LogP contribution in [-0.2, 0) is 23.0 Å². The molecule has 7 heteroatoms. The summed E-state index contributed by atoms with van der Waals surface area (Å²) in [5.41, 5.74) is 4.38. The Morgan fingerprint density at radius 1 is 1.20 bits per heavy atom. The molecule has 1 aliphatic rings. The molecule has 3 rings (SSSR count). The van der Waals surface area contributed by atoms with Crippen LogP contribution in [0.5, 0.6) is 11.5 Å². The zero-order valence-electron chi connectivity index (χ0n) is 18.3. The van der Waals surface area contributed by atoms with Gasteiger partial charge in [0.25, 0.3) is 0 Å². The Morgan fingerprint density at radius 2 is 1.90 bits per heavy atom. The van der Waals surface area contributed by atoms with Gasteiger partial charge in [-0.2, -0.15) is 0 Å². The highest BCUT2D eigenvalue weighted by molar-refractivity contribution is 5.90. The van der Waals surface area contributed by atoms with Crippen molar-refractivity contribution in [3.63, 3.8) is 0 Å². The fourth-order valence-corrected chi connectivity index (χ4v) is 3.86. The number of aromatic nitrogens is 1. The van der Waals surface area contributed by atoms with Gasteiger partial charge in [-0.1, -0.05) is 6.07 Å². The van der Waals surface area contributed by atoms with Crippen molar-refractivity contribution >= 4 is 11.9 Å². The van der Waals surface area contributed by atoms with E-state index in [1.165, 1.54) is 0 Å². The van der Waals surface area contributed by atoms with Gasteiger partial charge in [0, 0.05) is 19.2 Å². The van der Waals surface area contributed by atoms with Crippen LogP contribution in [0.3, 0.4) is 0 Å². The molecule has 0 saturated carbocycles. The number of esters is 1. The molecule has 30 heavy (non-hydrogen) atoms. The average Bonchev–Trinajstić information content (AvgIpc) is 2.94. The number of ether oxygens (including phenoxy) is 3. The van der Waals surface area contributed by atoms with E-state index in [1.807, 2.05) is 50.6 Å². The SMILES string of the molecule is CCOC(=O)c1c(C)c(CCC(=O)N[C@@H](C)c2ccc3c(c2)OCCO3)c(C)n1C. The van der Waals surface area contributed by atoms with Crippen molar-refractivity contribution < 1.29 is 23.8 Å². The van der Waals surface area contributed by atoms with Crippen LogP contribution in [0, 0.1) is 13.8 Å². The Morgan fingerprint density at radius 3 is 2.60 bits per heavy atom. The predicted molar refractivity (Wildman–Crippen MR) is 113 cm³/mol. The maximum Gasteiger partial charge on any atom is 0.355 e. The summed E-state index contributed by atoms with van der Waals surface area (Å²) < 4.78 is 18.2. The number of rotatable bonds is 7. The third-order valence-corrected chi connectivity index (χ3v) is 5.60. The number of fused-ring (bicyclic) bond motifs is 1. The molecule has 1 aromatic heterocycles. The Labute approximate surface area is 177 Å². The molecule has 1 N–H and O–H groups in total. The summed E-state index contributed by atoms with van der Waals surface area (Å²) in [6.07, 6.45) is 0.896.